The Morgan fingerprint density at radius 1 is 1.10 bits per heavy atom. The minimum absolute atomic E-state index is 0.250. The number of aliphatic hydroxyl groups excluding tert-OH is 3. The van der Waals surface area contributed by atoms with Crippen LogP contribution in [0, 0.1) is 29.1 Å². The third-order valence-corrected chi connectivity index (χ3v) is 8.65. The van der Waals surface area contributed by atoms with Crippen molar-refractivity contribution in [3.8, 4) is 0 Å². The Kier molecular flexibility index (Phi) is 6.44. The van der Waals surface area contributed by atoms with Gasteiger partial charge in [0.2, 0.25) is 0 Å². The summed E-state index contributed by atoms with van der Waals surface area (Å²) in [5, 5.41) is 30.4. The van der Waals surface area contributed by atoms with Crippen molar-refractivity contribution < 1.29 is 15.3 Å². The summed E-state index contributed by atoms with van der Waals surface area (Å²) in [5.74, 6) is 2.28. The number of allylic oxidation sites excluding steroid dienone is 4. The van der Waals surface area contributed by atoms with E-state index in [4.69, 9.17) is 0 Å². The Hall–Kier alpha value is -1.16. The van der Waals surface area contributed by atoms with E-state index in [1.807, 2.05) is 0 Å². The smallest absolute Gasteiger partial charge is 0.0811 e. The number of aliphatic hydroxyl groups is 3. The highest BCUT2D eigenvalue weighted by molar-refractivity contribution is 5.38. The van der Waals surface area contributed by atoms with Crippen molar-refractivity contribution in [2.75, 3.05) is 0 Å². The van der Waals surface area contributed by atoms with Gasteiger partial charge in [-0.05, 0) is 91.6 Å². The van der Waals surface area contributed by atoms with Gasteiger partial charge in [0.15, 0.2) is 0 Å². The molecule has 30 heavy (non-hydrogen) atoms. The fraction of sp³-hybridized carbons (Fsp3) is 0.704. The lowest BCUT2D eigenvalue weighted by atomic mass is 9.61. The molecule has 4 fully saturated rings. The van der Waals surface area contributed by atoms with Crippen LogP contribution in [-0.2, 0) is 0 Å². The highest BCUT2D eigenvalue weighted by Gasteiger charge is 2.50. The topological polar surface area (TPSA) is 60.7 Å². The maximum absolute atomic E-state index is 10.2. The van der Waals surface area contributed by atoms with E-state index in [2.05, 4.69) is 44.7 Å². The largest absolute Gasteiger partial charge is 0.393 e. The average molecular weight is 413 g/mol. The highest BCUT2D eigenvalue weighted by Crippen LogP contribution is 2.59. The van der Waals surface area contributed by atoms with Gasteiger partial charge in [-0.1, -0.05) is 50.3 Å². The summed E-state index contributed by atoms with van der Waals surface area (Å²) in [6, 6.07) is 0. The van der Waals surface area contributed by atoms with E-state index in [1.54, 1.807) is 0 Å². The Bertz CT molecular complexity index is 743. The Morgan fingerprint density at radius 3 is 2.60 bits per heavy atom. The van der Waals surface area contributed by atoms with Crippen LogP contribution in [0.4, 0.5) is 0 Å². The lowest BCUT2D eigenvalue weighted by Crippen LogP contribution is -2.35. The van der Waals surface area contributed by atoms with Crippen LogP contribution in [0.25, 0.3) is 0 Å². The quantitative estimate of drug-likeness (QED) is 0.551. The van der Waals surface area contributed by atoms with Gasteiger partial charge in [0.1, 0.15) is 0 Å². The van der Waals surface area contributed by atoms with Gasteiger partial charge in [-0.15, -0.1) is 0 Å². The molecule has 0 saturated heterocycles. The summed E-state index contributed by atoms with van der Waals surface area (Å²) >= 11 is 0. The molecule has 4 aliphatic rings. The number of hydrogen-bond donors (Lipinski definition) is 3. The molecule has 0 aliphatic heterocycles. The molecule has 4 aliphatic carbocycles. The van der Waals surface area contributed by atoms with Gasteiger partial charge in [-0.3, -0.25) is 0 Å². The van der Waals surface area contributed by atoms with Crippen molar-refractivity contribution in [3.63, 3.8) is 0 Å². The van der Waals surface area contributed by atoms with Gasteiger partial charge in [0, 0.05) is 6.42 Å². The number of rotatable bonds is 5. The molecule has 166 valence electrons. The molecule has 7 atom stereocenters. The summed E-state index contributed by atoms with van der Waals surface area (Å²) in [6.45, 7) is 8.88. The molecule has 4 saturated carbocycles. The minimum Gasteiger partial charge on any atom is -0.393 e. The normalized spacial score (nSPS) is 42.1. The second-order valence-corrected chi connectivity index (χ2v) is 10.7. The van der Waals surface area contributed by atoms with Crippen LogP contribution in [0.3, 0.4) is 0 Å². The molecule has 0 unspecified atom stereocenters. The van der Waals surface area contributed by atoms with E-state index in [0.29, 0.717) is 41.9 Å². The molecule has 0 aromatic heterocycles. The molecule has 3 N–H and O–H groups in total. The number of hydrogen-bond acceptors (Lipinski definition) is 3. The van der Waals surface area contributed by atoms with Gasteiger partial charge >= 0.3 is 0 Å². The van der Waals surface area contributed by atoms with E-state index in [0.717, 1.165) is 17.6 Å². The molecule has 0 amide bonds. The van der Waals surface area contributed by atoms with E-state index in [-0.39, 0.29) is 6.10 Å². The van der Waals surface area contributed by atoms with Gasteiger partial charge in [-0.25, -0.2) is 0 Å². The molecule has 4 rings (SSSR count). The molecule has 0 spiro atoms. The molecule has 0 aromatic carbocycles. The van der Waals surface area contributed by atoms with Crippen LogP contribution in [0.1, 0.15) is 71.6 Å². The first-order valence-electron chi connectivity index (χ1n) is 12.1. The third-order valence-electron chi connectivity index (χ3n) is 8.65. The molecule has 0 radical (unpaired) electrons. The van der Waals surface area contributed by atoms with E-state index in [1.165, 1.54) is 44.1 Å². The Labute approximate surface area is 182 Å². The summed E-state index contributed by atoms with van der Waals surface area (Å²) in [7, 11) is 0. The first kappa shape index (κ1) is 22.0. The first-order chi connectivity index (χ1) is 14.3. The van der Waals surface area contributed by atoms with Crippen LogP contribution < -0.4 is 0 Å². The molecule has 3 heteroatoms. The fourth-order valence-corrected chi connectivity index (χ4v) is 6.63. The molecule has 0 bridgehead atoms. The average Bonchev–Trinajstić information content (AvgIpc) is 3.49. The van der Waals surface area contributed by atoms with Crippen molar-refractivity contribution in [3.05, 3.63) is 47.6 Å². The maximum atomic E-state index is 10.2. The van der Waals surface area contributed by atoms with Crippen LogP contribution in [0.15, 0.2) is 47.6 Å². The summed E-state index contributed by atoms with van der Waals surface area (Å²) in [5.41, 5.74) is 3.63. The van der Waals surface area contributed by atoms with Crippen molar-refractivity contribution in [2.24, 2.45) is 29.1 Å². The number of fused-ring (bicyclic) bond motifs is 1. The van der Waals surface area contributed by atoms with Crippen LogP contribution in [0.5, 0.6) is 0 Å². The van der Waals surface area contributed by atoms with Gasteiger partial charge in [-0.2, -0.15) is 0 Å². The highest BCUT2D eigenvalue weighted by atomic mass is 16.3. The predicted octanol–water partition coefficient (Wildman–Crippen LogP) is 5.09. The second kappa shape index (κ2) is 8.76. The van der Waals surface area contributed by atoms with Crippen LogP contribution in [-0.4, -0.2) is 33.6 Å². The lowest BCUT2D eigenvalue weighted by Gasteiger charge is -2.44. The predicted molar refractivity (Wildman–Crippen MR) is 122 cm³/mol. The van der Waals surface area contributed by atoms with E-state index in [9.17, 15) is 15.3 Å². The van der Waals surface area contributed by atoms with E-state index < -0.39 is 12.2 Å². The maximum Gasteiger partial charge on any atom is 0.0811 e. The van der Waals surface area contributed by atoms with Crippen molar-refractivity contribution in [2.45, 2.75) is 89.9 Å². The molecule has 0 aromatic rings. The summed E-state index contributed by atoms with van der Waals surface area (Å²) < 4.78 is 0. The third kappa shape index (κ3) is 4.40. The Balaban J connectivity index is 1.48. The zero-order valence-corrected chi connectivity index (χ0v) is 18.8. The fourth-order valence-electron chi connectivity index (χ4n) is 6.63. The van der Waals surface area contributed by atoms with Crippen molar-refractivity contribution in [1.29, 1.82) is 0 Å². The summed E-state index contributed by atoms with van der Waals surface area (Å²) in [6.07, 6.45) is 16.9. The van der Waals surface area contributed by atoms with Crippen LogP contribution in [0.2, 0.25) is 0 Å². The zero-order valence-electron chi connectivity index (χ0n) is 18.8. The minimum atomic E-state index is -0.621. The second-order valence-electron chi connectivity index (χ2n) is 10.7. The van der Waals surface area contributed by atoms with Gasteiger partial charge in [0.05, 0.1) is 18.3 Å². The van der Waals surface area contributed by atoms with Gasteiger partial charge in [0.25, 0.3) is 0 Å². The van der Waals surface area contributed by atoms with Crippen LogP contribution >= 0.6 is 0 Å². The lowest BCUT2D eigenvalue weighted by molar-refractivity contribution is 0.0862. The monoisotopic (exact) mass is 412 g/mol. The van der Waals surface area contributed by atoms with Crippen molar-refractivity contribution >= 4 is 0 Å². The standard InChI is InChI=1S/C27H40O3/c1-17(6-13-25(29)20-8-9-20)23-11-12-24-19(5-4-14-27(23,24)3)7-10-21-15-22(28)16-26(30)18(21)2/h6-7,10,13,17,20,22-26,28-30H,2,4-5,8-9,11-12,14-16H2,1,3H3/t17-,22+,23-,24+,25-,26-,27-/m1/s1. The molecule has 0 heterocycles. The molecular formula is C27H40O3. The summed E-state index contributed by atoms with van der Waals surface area (Å²) in [4.78, 5) is 0. The Morgan fingerprint density at radius 2 is 1.87 bits per heavy atom. The molecular weight excluding hydrogens is 372 g/mol. The zero-order chi connectivity index (χ0) is 21.5. The first-order valence-corrected chi connectivity index (χ1v) is 12.1. The van der Waals surface area contributed by atoms with E-state index >= 15 is 0 Å². The van der Waals surface area contributed by atoms with Gasteiger partial charge < -0.3 is 15.3 Å². The SMILES string of the molecule is C=C1C(=CC=C2CCC[C@]3(C)[C@@H]([C@H](C)C=C[C@@H](O)C4CC4)CC[C@@H]23)C[C@H](O)C[C@H]1O. The van der Waals surface area contributed by atoms with Crippen molar-refractivity contribution in [1.82, 2.24) is 0 Å². The molecule has 3 nitrogen and oxygen atoms in total.